The fourth-order valence-corrected chi connectivity index (χ4v) is 3.10. The van der Waals surface area contributed by atoms with E-state index in [1.54, 1.807) is 6.07 Å². The van der Waals surface area contributed by atoms with Crippen molar-refractivity contribution in [3.8, 4) is 0 Å². The summed E-state index contributed by atoms with van der Waals surface area (Å²) in [5.74, 6) is 1.27. The molecule has 1 fully saturated rings. The molecule has 1 aliphatic heterocycles. The van der Waals surface area contributed by atoms with Crippen LogP contribution < -0.4 is 10.6 Å². The summed E-state index contributed by atoms with van der Waals surface area (Å²) in [6, 6.07) is 7.88. The highest BCUT2D eigenvalue weighted by Crippen LogP contribution is 2.18. The molecule has 0 saturated carbocycles. The molecular weight excluding hydrogens is 303 g/mol. The van der Waals surface area contributed by atoms with Gasteiger partial charge in [0, 0.05) is 38.3 Å². The molecule has 1 heterocycles. The van der Waals surface area contributed by atoms with Crippen LogP contribution in [0.3, 0.4) is 0 Å². The van der Waals surface area contributed by atoms with E-state index < -0.39 is 0 Å². The second-order valence-corrected chi connectivity index (χ2v) is 6.88. The molecule has 0 bridgehead atoms. The van der Waals surface area contributed by atoms with E-state index in [0.29, 0.717) is 31.0 Å². The first-order valence-corrected chi connectivity index (χ1v) is 9.03. The van der Waals surface area contributed by atoms with Gasteiger partial charge >= 0.3 is 0 Å². The highest BCUT2D eigenvalue weighted by Gasteiger charge is 2.31. The van der Waals surface area contributed by atoms with Crippen LogP contribution in [0.15, 0.2) is 29.3 Å². The fraction of sp³-hybridized carbons (Fsp3) is 0.632. The van der Waals surface area contributed by atoms with Crippen LogP contribution in [0.2, 0.25) is 0 Å². The van der Waals surface area contributed by atoms with Gasteiger partial charge in [0.1, 0.15) is 5.82 Å². The summed E-state index contributed by atoms with van der Waals surface area (Å²) in [5, 5.41) is 6.86. The third-order valence-electron chi connectivity index (χ3n) is 4.65. The summed E-state index contributed by atoms with van der Waals surface area (Å²) in [6.45, 7) is 12.4. The lowest BCUT2D eigenvalue weighted by Gasteiger charge is -2.22. The van der Waals surface area contributed by atoms with E-state index in [0.717, 1.165) is 31.2 Å². The van der Waals surface area contributed by atoms with Gasteiger partial charge in [-0.3, -0.25) is 9.89 Å². The Bertz CT molecular complexity index is 544. The van der Waals surface area contributed by atoms with Gasteiger partial charge in [0.2, 0.25) is 0 Å². The predicted molar refractivity (Wildman–Crippen MR) is 98.9 cm³/mol. The molecule has 0 aliphatic carbocycles. The quantitative estimate of drug-likeness (QED) is 0.621. The number of benzene rings is 1. The van der Waals surface area contributed by atoms with Crippen LogP contribution in [-0.4, -0.2) is 49.1 Å². The lowest BCUT2D eigenvalue weighted by atomic mass is 10.1. The number of hydrogen-bond acceptors (Lipinski definition) is 2. The van der Waals surface area contributed by atoms with Crippen molar-refractivity contribution in [3.63, 3.8) is 0 Å². The molecule has 0 spiro atoms. The standard InChI is InChI=1S/C19H31FN4/c1-5-21-19(22-11-10-16-8-6-7-9-17(16)20)23-18-13-24(14(2)3)12-15(18)4/h6-9,14-15,18H,5,10-13H2,1-4H3,(H2,21,22,23). The van der Waals surface area contributed by atoms with Crippen molar-refractivity contribution < 1.29 is 4.39 Å². The molecule has 4 nitrogen and oxygen atoms in total. The van der Waals surface area contributed by atoms with E-state index in [4.69, 9.17) is 0 Å². The molecule has 2 N–H and O–H groups in total. The van der Waals surface area contributed by atoms with E-state index in [9.17, 15) is 4.39 Å². The van der Waals surface area contributed by atoms with Crippen molar-refractivity contribution in [2.24, 2.45) is 10.9 Å². The van der Waals surface area contributed by atoms with Crippen molar-refractivity contribution in [3.05, 3.63) is 35.6 Å². The zero-order valence-electron chi connectivity index (χ0n) is 15.3. The minimum Gasteiger partial charge on any atom is -0.357 e. The molecule has 1 aromatic rings. The lowest BCUT2D eigenvalue weighted by Crippen LogP contribution is -2.47. The number of guanidine groups is 1. The molecular formula is C19H31FN4. The van der Waals surface area contributed by atoms with Crippen LogP contribution in [0, 0.1) is 11.7 Å². The second kappa shape index (κ2) is 9.02. The average Bonchev–Trinajstić information content (AvgIpc) is 2.91. The summed E-state index contributed by atoms with van der Waals surface area (Å²) < 4.78 is 13.7. The van der Waals surface area contributed by atoms with Crippen molar-refractivity contribution in [2.75, 3.05) is 26.2 Å². The molecule has 1 aromatic carbocycles. The van der Waals surface area contributed by atoms with Gasteiger partial charge in [-0.1, -0.05) is 25.1 Å². The molecule has 2 atom stereocenters. The van der Waals surface area contributed by atoms with E-state index in [1.165, 1.54) is 6.07 Å². The van der Waals surface area contributed by atoms with Gasteiger partial charge in [-0.05, 0) is 44.7 Å². The van der Waals surface area contributed by atoms with Crippen molar-refractivity contribution in [1.29, 1.82) is 0 Å². The molecule has 2 rings (SSSR count). The van der Waals surface area contributed by atoms with Gasteiger partial charge in [0.25, 0.3) is 0 Å². The van der Waals surface area contributed by atoms with Crippen molar-refractivity contribution in [2.45, 2.75) is 46.2 Å². The molecule has 1 saturated heterocycles. The number of halogens is 1. The van der Waals surface area contributed by atoms with E-state index in [-0.39, 0.29) is 5.82 Å². The number of likely N-dealkylation sites (tertiary alicyclic amines) is 1. The summed E-state index contributed by atoms with van der Waals surface area (Å²) in [7, 11) is 0. The Morgan fingerprint density at radius 3 is 2.71 bits per heavy atom. The maximum atomic E-state index is 13.7. The Kier molecular flexibility index (Phi) is 7.03. The Morgan fingerprint density at radius 1 is 1.33 bits per heavy atom. The van der Waals surface area contributed by atoms with Crippen LogP contribution in [0.25, 0.3) is 0 Å². The van der Waals surface area contributed by atoms with Crippen LogP contribution in [0.1, 0.15) is 33.3 Å². The third-order valence-corrected chi connectivity index (χ3v) is 4.65. The first kappa shape index (κ1) is 18.7. The number of nitrogens with zero attached hydrogens (tertiary/aromatic N) is 2. The number of nitrogens with one attached hydrogen (secondary N) is 2. The molecule has 5 heteroatoms. The second-order valence-electron chi connectivity index (χ2n) is 6.88. The first-order chi connectivity index (χ1) is 11.5. The Labute approximate surface area is 145 Å². The zero-order chi connectivity index (χ0) is 17.5. The highest BCUT2D eigenvalue weighted by atomic mass is 19.1. The highest BCUT2D eigenvalue weighted by molar-refractivity contribution is 5.80. The summed E-state index contributed by atoms with van der Waals surface area (Å²) in [5.41, 5.74) is 0.720. The maximum Gasteiger partial charge on any atom is 0.191 e. The minimum absolute atomic E-state index is 0.150. The molecule has 0 radical (unpaired) electrons. The van der Waals surface area contributed by atoms with Gasteiger partial charge in [0.15, 0.2) is 5.96 Å². The van der Waals surface area contributed by atoms with Crippen LogP contribution in [-0.2, 0) is 6.42 Å². The normalized spacial score (nSPS) is 22.2. The minimum atomic E-state index is -0.150. The van der Waals surface area contributed by atoms with E-state index in [1.807, 2.05) is 12.1 Å². The SMILES string of the molecule is CCNC(=NCCc1ccccc1F)NC1CN(C(C)C)CC1C. The maximum absolute atomic E-state index is 13.7. The van der Waals surface area contributed by atoms with Gasteiger partial charge in [-0.2, -0.15) is 0 Å². The monoisotopic (exact) mass is 334 g/mol. The van der Waals surface area contributed by atoms with Gasteiger partial charge < -0.3 is 10.6 Å². The smallest absolute Gasteiger partial charge is 0.191 e. The Balaban J connectivity index is 1.92. The molecule has 2 unspecified atom stereocenters. The molecule has 134 valence electrons. The topological polar surface area (TPSA) is 39.7 Å². The molecule has 1 aliphatic rings. The lowest BCUT2D eigenvalue weighted by molar-refractivity contribution is 0.265. The first-order valence-electron chi connectivity index (χ1n) is 9.03. The number of aliphatic imine (C=N–C) groups is 1. The average molecular weight is 334 g/mol. The van der Waals surface area contributed by atoms with Crippen molar-refractivity contribution >= 4 is 5.96 Å². The van der Waals surface area contributed by atoms with Crippen LogP contribution in [0.5, 0.6) is 0 Å². The number of hydrogen-bond donors (Lipinski definition) is 2. The molecule has 0 amide bonds. The Morgan fingerprint density at radius 2 is 2.08 bits per heavy atom. The zero-order valence-corrected chi connectivity index (χ0v) is 15.3. The summed E-state index contributed by atoms with van der Waals surface area (Å²) in [4.78, 5) is 7.12. The predicted octanol–water partition coefficient (Wildman–Crippen LogP) is 2.65. The molecule has 24 heavy (non-hydrogen) atoms. The molecule has 0 aromatic heterocycles. The van der Waals surface area contributed by atoms with Crippen molar-refractivity contribution in [1.82, 2.24) is 15.5 Å². The number of rotatable bonds is 6. The summed E-state index contributed by atoms with van der Waals surface area (Å²) in [6.07, 6.45) is 0.613. The summed E-state index contributed by atoms with van der Waals surface area (Å²) >= 11 is 0. The van der Waals surface area contributed by atoms with Crippen LogP contribution in [0.4, 0.5) is 4.39 Å². The van der Waals surface area contributed by atoms with Gasteiger partial charge in [-0.25, -0.2) is 4.39 Å². The van der Waals surface area contributed by atoms with E-state index >= 15 is 0 Å². The van der Waals surface area contributed by atoms with Crippen LogP contribution >= 0.6 is 0 Å². The Hall–Kier alpha value is -1.62. The van der Waals surface area contributed by atoms with Gasteiger partial charge in [0.05, 0.1) is 0 Å². The largest absolute Gasteiger partial charge is 0.357 e. The fourth-order valence-electron chi connectivity index (χ4n) is 3.10. The van der Waals surface area contributed by atoms with Gasteiger partial charge in [-0.15, -0.1) is 0 Å². The third kappa shape index (κ3) is 5.20. The van der Waals surface area contributed by atoms with E-state index in [2.05, 4.69) is 48.2 Å².